The van der Waals surface area contributed by atoms with E-state index in [0.717, 1.165) is 5.75 Å². The lowest BCUT2D eigenvalue weighted by Gasteiger charge is -2.08. The first-order valence-electron chi connectivity index (χ1n) is 8.12. The molecule has 0 aromatic heterocycles. The highest BCUT2D eigenvalue weighted by Gasteiger charge is 2.08. The molecule has 5 nitrogen and oxygen atoms in total. The Bertz CT molecular complexity index is 889. The molecule has 0 aliphatic heterocycles. The molecule has 3 aromatic rings. The van der Waals surface area contributed by atoms with Gasteiger partial charge >= 0.3 is 0 Å². The highest BCUT2D eigenvalue weighted by molar-refractivity contribution is 6.04. The second-order valence-corrected chi connectivity index (χ2v) is 5.55. The molecule has 0 spiro atoms. The molecule has 0 bridgehead atoms. The molecule has 0 atom stereocenters. The van der Waals surface area contributed by atoms with Gasteiger partial charge < -0.3 is 15.4 Å². The number of hydrogen-bond acceptors (Lipinski definition) is 3. The summed E-state index contributed by atoms with van der Waals surface area (Å²) < 4.78 is 5.71. The van der Waals surface area contributed by atoms with Crippen LogP contribution in [0.1, 0.15) is 20.7 Å². The number of amides is 2. The van der Waals surface area contributed by atoms with Gasteiger partial charge in [-0.05, 0) is 60.7 Å². The van der Waals surface area contributed by atoms with Gasteiger partial charge in [-0.25, -0.2) is 0 Å². The quantitative estimate of drug-likeness (QED) is 0.731. The van der Waals surface area contributed by atoms with Crippen LogP contribution in [0.15, 0.2) is 78.9 Å². The van der Waals surface area contributed by atoms with Crippen LogP contribution in [0.2, 0.25) is 0 Å². The third kappa shape index (κ3) is 4.27. The third-order valence-electron chi connectivity index (χ3n) is 3.73. The summed E-state index contributed by atoms with van der Waals surface area (Å²) in [4.78, 5) is 23.8. The van der Waals surface area contributed by atoms with Crippen LogP contribution in [0.3, 0.4) is 0 Å². The van der Waals surface area contributed by atoms with Gasteiger partial charge in [0.25, 0.3) is 11.8 Å². The predicted octanol–water partition coefficient (Wildman–Crippen LogP) is 4.09. The van der Waals surface area contributed by atoms with E-state index in [2.05, 4.69) is 10.6 Å². The van der Waals surface area contributed by atoms with Crippen LogP contribution < -0.4 is 15.4 Å². The van der Waals surface area contributed by atoms with Crippen LogP contribution in [-0.4, -0.2) is 18.9 Å². The second-order valence-electron chi connectivity index (χ2n) is 5.55. The van der Waals surface area contributed by atoms with E-state index in [4.69, 9.17) is 4.74 Å². The van der Waals surface area contributed by atoms with Crippen molar-refractivity contribution in [1.29, 1.82) is 0 Å². The Balaban J connectivity index is 1.63. The lowest BCUT2D eigenvalue weighted by atomic mass is 10.1. The smallest absolute Gasteiger partial charge is 0.255 e. The number of anilines is 1. The van der Waals surface area contributed by atoms with Crippen LogP contribution in [0.4, 0.5) is 5.69 Å². The number of benzene rings is 3. The SMILES string of the molecule is CNC(=O)c1ccc(NC(=O)c2ccc(Oc3ccccc3)cc2)cc1. The first-order chi connectivity index (χ1) is 12.7. The second kappa shape index (κ2) is 7.98. The summed E-state index contributed by atoms with van der Waals surface area (Å²) in [5, 5.41) is 5.35. The number of carbonyl (C=O) groups is 2. The molecule has 0 unspecified atom stereocenters. The molecule has 130 valence electrons. The molecular weight excluding hydrogens is 328 g/mol. The van der Waals surface area contributed by atoms with Gasteiger partial charge in [0.15, 0.2) is 0 Å². The molecule has 26 heavy (non-hydrogen) atoms. The van der Waals surface area contributed by atoms with E-state index in [1.807, 2.05) is 30.3 Å². The van der Waals surface area contributed by atoms with E-state index < -0.39 is 0 Å². The minimum absolute atomic E-state index is 0.170. The van der Waals surface area contributed by atoms with Gasteiger partial charge in [-0.2, -0.15) is 0 Å². The number of para-hydroxylation sites is 1. The summed E-state index contributed by atoms with van der Waals surface area (Å²) in [5.41, 5.74) is 1.67. The Hall–Kier alpha value is -3.60. The molecule has 3 rings (SSSR count). The van der Waals surface area contributed by atoms with Crippen LogP contribution in [0.25, 0.3) is 0 Å². The monoisotopic (exact) mass is 346 g/mol. The molecule has 0 fully saturated rings. The van der Waals surface area contributed by atoms with Gasteiger partial charge in [0.1, 0.15) is 11.5 Å². The molecule has 0 aliphatic carbocycles. The van der Waals surface area contributed by atoms with Gasteiger partial charge in [0, 0.05) is 23.9 Å². The Kier molecular flexibility index (Phi) is 5.29. The fourth-order valence-electron chi connectivity index (χ4n) is 2.35. The van der Waals surface area contributed by atoms with Crippen LogP contribution in [0.5, 0.6) is 11.5 Å². The van der Waals surface area contributed by atoms with Gasteiger partial charge in [0.05, 0.1) is 0 Å². The van der Waals surface area contributed by atoms with E-state index in [-0.39, 0.29) is 11.8 Å². The average Bonchev–Trinajstić information content (AvgIpc) is 2.69. The molecule has 0 heterocycles. The lowest BCUT2D eigenvalue weighted by Crippen LogP contribution is -2.17. The average molecular weight is 346 g/mol. The Labute approximate surface area is 151 Å². The van der Waals surface area contributed by atoms with Crippen molar-refractivity contribution in [3.05, 3.63) is 90.0 Å². The van der Waals surface area contributed by atoms with Crippen LogP contribution in [-0.2, 0) is 0 Å². The maximum Gasteiger partial charge on any atom is 0.255 e. The van der Waals surface area contributed by atoms with Crippen LogP contribution in [0, 0.1) is 0 Å². The lowest BCUT2D eigenvalue weighted by molar-refractivity contribution is 0.0962. The maximum absolute atomic E-state index is 12.3. The minimum atomic E-state index is -0.232. The summed E-state index contributed by atoms with van der Waals surface area (Å²) in [6.07, 6.45) is 0. The van der Waals surface area contributed by atoms with Crippen molar-refractivity contribution in [2.75, 3.05) is 12.4 Å². The third-order valence-corrected chi connectivity index (χ3v) is 3.73. The molecule has 0 saturated carbocycles. The Morgan fingerprint density at radius 2 is 1.23 bits per heavy atom. The topological polar surface area (TPSA) is 67.4 Å². The zero-order valence-electron chi connectivity index (χ0n) is 14.2. The standard InChI is InChI=1S/C21H18N2O3/c1-22-20(24)15-7-11-17(12-8-15)23-21(25)16-9-13-19(14-10-16)26-18-5-3-2-4-6-18/h2-14H,1H3,(H,22,24)(H,23,25). The van der Waals surface area contributed by atoms with Crippen molar-refractivity contribution in [1.82, 2.24) is 5.32 Å². The van der Waals surface area contributed by atoms with Crippen molar-refractivity contribution in [3.63, 3.8) is 0 Å². The fourth-order valence-corrected chi connectivity index (χ4v) is 2.35. The molecule has 0 saturated heterocycles. The highest BCUT2D eigenvalue weighted by Crippen LogP contribution is 2.21. The van der Waals surface area contributed by atoms with Crippen molar-refractivity contribution < 1.29 is 14.3 Å². The van der Waals surface area contributed by atoms with Gasteiger partial charge in [-0.3, -0.25) is 9.59 Å². The summed E-state index contributed by atoms with van der Waals surface area (Å²) in [5.74, 6) is 0.990. The van der Waals surface area contributed by atoms with E-state index in [9.17, 15) is 9.59 Å². The minimum Gasteiger partial charge on any atom is -0.457 e. The van der Waals surface area contributed by atoms with Gasteiger partial charge in [-0.1, -0.05) is 18.2 Å². The number of rotatable bonds is 5. The van der Waals surface area contributed by atoms with E-state index >= 15 is 0 Å². The summed E-state index contributed by atoms with van der Waals surface area (Å²) in [7, 11) is 1.57. The van der Waals surface area contributed by atoms with Crippen LogP contribution >= 0.6 is 0 Å². The molecule has 0 aliphatic rings. The predicted molar refractivity (Wildman–Crippen MR) is 101 cm³/mol. The van der Waals surface area contributed by atoms with Crippen molar-refractivity contribution in [2.45, 2.75) is 0 Å². The summed E-state index contributed by atoms with van der Waals surface area (Å²) in [6, 6.07) is 23.0. The molecule has 2 amide bonds. The number of hydrogen-bond donors (Lipinski definition) is 2. The molecule has 2 N–H and O–H groups in total. The molecular formula is C21H18N2O3. The van der Waals surface area contributed by atoms with Gasteiger partial charge in [-0.15, -0.1) is 0 Å². The zero-order chi connectivity index (χ0) is 18.4. The van der Waals surface area contributed by atoms with E-state index in [0.29, 0.717) is 22.6 Å². The van der Waals surface area contributed by atoms with Gasteiger partial charge in [0.2, 0.25) is 0 Å². The number of nitrogens with one attached hydrogen (secondary N) is 2. The largest absolute Gasteiger partial charge is 0.457 e. The first kappa shape index (κ1) is 17.2. The first-order valence-corrected chi connectivity index (χ1v) is 8.12. The summed E-state index contributed by atoms with van der Waals surface area (Å²) in [6.45, 7) is 0. The Morgan fingerprint density at radius 1 is 0.692 bits per heavy atom. The van der Waals surface area contributed by atoms with Crippen molar-refractivity contribution in [3.8, 4) is 11.5 Å². The zero-order valence-corrected chi connectivity index (χ0v) is 14.2. The number of carbonyl (C=O) groups excluding carboxylic acids is 2. The molecule has 0 radical (unpaired) electrons. The van der Waals surface area contributed by atoms with Crippen molar-refractivity contribution in [2.24, 2.45) is 0 Å². The molecule has 3 aromatic carbocycles. The van der Waals surface area contributed by atoms with E-state index in [1.165, 1.54) is 0 Å². The summed E-state index contributed by atoms with van der Waals surface area (Å²) >= 11 is 0. The fraction of sp³-hybridized carbons (Fsp3) is 0.0476. The Morgan fingerprint density at radius 3 is 1.85 bits per heavy atom. The normalized spacial score (nSPS) is 10.0. The van der Waals surface area contributed by atoms with E-state index in [1.54, 1.807) is 55.6 Å². The molecule has 5 heteroatoms. The maximum atomic E-state index is 12.3. The highest BCUT2D eigenvalue weighted by atomic mass is 16.5. The number of ether oxygens (including phenoxy) is 1. The van der Waals surface area contributed by atoms with Crippen molar-refractivity contribution >= 4 is 17.5 Å².